The molecular weight excluding hydrogens is 380 g/mol. The average Bonchev–Trinajstić information content (AvgIpc) is 2.41. The molecule has 1 heterocycles. The van der Waals surface area contributed by atoms with E-state index in [-0.39, 0.29) is 12.1 Å². The Kier molecular flexibility index (Phi) is 4.36. The Morgan fingerprint density at radius 1 is 1.53 bits per heavy atom. The van der Waals surface area contributed by atoms with Crippen molar-refractivity contribution in [2.24, 2.45) is 0 Å². The van der Waals surface area contributed by atoms with Crippen LogP contribution in [0.2, 0.25) is 0 Å². The molecule has 1 aromatic carbocycles. The topological polar surface area (TPSA) is 61.2 Å². The number of halogens is 2. The van der Waals surface area contributed by atoms with Gasteiger partial charge in [0.05, 0.1) is 30.9 Å². The van der Waals surface area contributed by atoms with Gasteiger partial charge in [-0.05, 0) is 18.2 Å². The zero-order valence-electron chi connectivity index (χ0n) is 9.97. The Labute approximate surface area is 125 Å². The van der Waals surface area contributed by atoms with Gasteiger partial charge in [0, 0.05) is 4.47 Å². The number of ether oxygens (including phenoxy) is 1. The van der Waals surface area contributed by atoms with E-state index in [0.717, 1.165) is 4.47 Å². The number of hydrogen-bond acceptors (Lipinski definition) is 4. The molecule has 0 fully saturated rings. The summed E-state index contributed by atoms with van der Waals surface area (Å²) in [5, 5.41) is 0.501. The molecule has 7 heteroatoms. The molecule has 0 aliphatic heterocycles. The highest BCUT2D eigenvalue weighted by Gasteiger charge is 2.17. The lowest BCUT2D eigenvalue weighted by molar-refractivity contribution is -0.140. The van der Waals surface area contributed by atoms with E-state index in [1.54, 1.807) is 12.1 Å². The van der Waals surface area contributed by atoms with Crippen LogP contribution in [0.25, 0.3) is 10.9 Å². The van der Waals surface area contributed by atoms with Crippen LogP contribution in [-0.2, 0) is 16.1 Å². The van der Waals surface area contributed by atoms with E-state index in [1.807, 2.05) is 6.07 Å². The summed E-state index contributed by atoms with van der Waals surface area (Å²) in [6.45, 7) is 0.168. The maximum atomic E-state index is 12.3. The number of carbonyl (C=O) groups is 1. The fourth-order valence-electron chi connectivity index (χ4n) is 1.64. The molecule has 0 saturated carbocycles. The molecule has 0 saturated heterocycles. The highest BCUT2D eigenvalue weighted by atomic mass is 79.9. The number of alkyl halides is 1. The maximum Gasteiger partial charge on any atom is 0.321 e. The molecular formula is C12H10Br2N2O3. The normalized spacial score (nSPS) is 12.4. The van der Waals surface area contributed by atoms with Gasteiger partial charge >= 0.3 is 5.97 Å². The molecule has 1 unspecified atom stereocenters. The highest BCUT2D eigenvalue weighted by molar-refractivity contribution is 9.10. The minimum absolute atomic E-state index is 0.168. The summed E-state index contributed by atoms with van der Waals surface area (Å²) < 4.78 is 6.79. The molecule has 19 heavy (non-hydrogen) atoms. The predicted molar refractivity (Wildman–Crippen MR) is 78.4 cm³/mol. The van der Waals surface area contributed by atoms with Gasteiger partial charge in [-0.15, -0.1) is 0 Å². The standard InChI is InChI=1S/C12H10Br2N2O3/c1-19-12(18)9(14)5-16-6-15-10-3-2-7(13)4-8(10)11(16)17/h2-4,6,9H,5H2,1H3. The lowest BCUT2D eigenvalue weighted by Crippen LogP contribution is -2.29. The van der Waals surface area contributed by atoms with Crippen LogP contribution in [0.3, 0.4) is 0 Å². The van der Waals surface area contributed by atoms with Gasteiger partial charge in [0.1, 0.15) is 4.83 Å². The first-order valence-electron chi connectivity index (χ1n) is 5.39. The van der Waals surface area contributed by atoms with E-state index >= 15 is 0 Å². The van der Waals surface area contributed by atoms with Crippen molar-refractivity contribution in [1.29, 1.82) is 0 Å². The van der Waals surface area contributed by atoms with E-state index in [4.69, 9.17) is 0 Å². The van der Waals surface area contributed by atoms with Gasteiger partial charge in [0.15, 0.2) is 0 Å². The number of esters is 1. The zero-order valence-corrected chi connectivity index (χ0v) is 13.1. The molecule has 0 radical (unpaired) electrons. The van der Waals surface area contributed by atoms with Crippen LogP contribution in [0.15, 0.2) is 33.8 Å². The van der Waals surface area contributed by atoms with Gasteiger partial charge in [0.25, 0.3) is 5.56 Å². The van der Waals surface area contributed by atoms with Crippen molar-refractivity contribution in [2.45, 2.75) is 11.4 Å². The molecule has 100 valence electrons. The fourth-order valence-corrected chi connectivity index (χ4v) is 2.50. The molecule has 0 bridgehead atoms. The van der Waals surface area contributed by atoms with Gasteiger partial charge < -0.3 is 4.74 Å². The van der Waals surface area contributed by atoms with Crippen molar-refractivity contribution >= 4 is 48.7 Å². The smallest absolute Gasteiger partial charge is 0.321 e. The third-order valence-corrected chi connectivity index (χ3v) is 3.76. The summed E-state index contributed by atoms with van der Waals surface area (Å²) in [7, 11) is 1.30. The minimum Gasteiger partial charge on any atom is -0.468 e. The largest absolute Gasteiger partial charge is 0.468 e. The SMILES string of the molecule is COC(=O)C(Br)Cn1cnc2ccc(Br)cc2c1=O. The van der Waals surface area contributed by atoms with E-state index in [1.165, 1.54) is 18.0 Å². The highest BCUT2D eigenvalue weighted by Crippen LogP contribution is 2.15. The molecule has 0 N–H and O–H groups in total. The van der Waals surface area contributed by atoms with Gasteiger partial charge in [-0.25, -0.2) is 4.98 Å². The molecule has 0 spiro atoms. The van der Waals surface area contributed by atoms with Crippen LogP contribution in [0.1, 0.15) is 0 Å². The monoisotopic (exact) mass is 388 g/mol. The van der Waals surface area contributed by atoms with Crippen molar-refractivity contribution in [3.63, 3.8) is 0 Å². The molecule has 1 atom stereocenters. The first-order chi connectivity index (χ1) is 9.02. The van der Waals surface area contributed by atoms with Gasteiger partial charge in [0.2, 0.25) is 0 Å². The number of fused-ring (bicyclic) bond motifs is 1. The van der Waals surface area contributed by atoms with E-state index in [2.05, 4.69) is 41.6 Å². The number of methoxy groups -OCH3 is 1. The number of rotatable bonds is 3. The maximum absolute atomic E-state index is 12.3. The number of hydrogen-bond donors (Lipinski definition) is 0. The third-order valence-electron chi connectivity index (χ3n) is 2.60. The van der Waals surface area contributed by atoms with Crippen molar-refractivity contribution in [3.8, 4) is 0 Å². The lowest BCUT2D eigenvalue weighted by Gasteiger charge is -2.10. The molecule has 0 aliphatic carbocycles. The molecule has 0 aliphatic rings. The van der Waals surface area contributed by atoms with E-state index in [9.17, 15) is 9.59 Å². The summed E-state index contributed by atoms with van der Waals surface area (Å²) in [6, 6.07) is 5.29. The quantitative estimate of drug-likeness (QED) is 0.595. The Bertz CT molecular complexity index is 684. The molecule has 2 rings (SSSR count). The molecule has 1 aromatic heterocycles. The third kappa shape index (κ3) is 3.03. The van der Waals surface area contributed by atoms with Crippen LogP contribution in [0, 0.1) is 0 Å². The van der Waals surface area contributed by atoms with Crippen LogP contribution in [0.4, 0.5) is 0 Å². The van der Waals surface area contributed by atoms with Crippen molar-refractivity contribution in [2.75, 3.05) is 7.11 Å². The van der Waals surface area contributed by atoms with Crippen LogP contribution in [-0.4, -0.2) is 27.5 Å². The number of benzene rings is 1. The molecule has 5 nitrogen and oxygen atoms in total. The van der Waals surface area contributed by atoms with Crippen molar-refractivity contribution < 1.29 is 9.53 Å². The zero-order chi connectivity index (χ0) is 14.0. The predicted octanol–water partition coefficient (Wildman–Crippen LogP) is 2.10. The molecule has 0 amide bonds. The van der Waals surface area contributed by atoms with Gasteiger partial charge in [-0.2, -0.15) is 0 Å². The first-order valence-corrected chi connectivity index (χ1v) is 7.10. The van der Waals surface area contributed by atoms with Crippen LogP contribution >= 0.6 is 31.9 Å². The summed E-state index contributed by atoms with van der Waals surface area (Å²) >= 11 is 6.50. The second kappa shape index (κ2) is 5.83. The summed E-state index contributed by atoms with van der Waals surface area (Å²) in [5.41, 5.74) is 0.424. The lowest BCUT2D eigenvalue weighted by atomic mass is 10.2. The number of nitrogens with zero attached hydrogens (tertiary/aromatic N) is 2. The van der Waals surface area contributed by atoms with Crippen LogP contribution < -0.4 is 5.56 Å². The number of carbonyl (C=O) groups excluding carboxylic acids is 1. The molecule has 2 aromatic rings. The number of aromatic nitrogens is 2. The second-order valence-electron chi connectivity index (χ2n) is 3.85. The summed E-state index contributed by atoms with van der Waals surface area (Å²) in [5.74, 6) is -0.429. The Morgan fingerprint density at radius 2 is 2.26 bits per heavy atom. The first kappa shape index (κ1) is 14.2. The van der Waals surface area contributed by atoms with Crippen LogP contribution in [0.5, 0.6) is 0 Å². The summed E-state index contributed by atoms with van der Waals surface area (Å²) in [6.07, 6.45) is 1.43. The van der Waals surface area contributed by atoms with Crippen molar-refractivity contribution in [3.05, 3.63) is 39.4 Å². The van der Waals surface area contributed by atoms with E-state index < -0.39 is 10.8 Å². The fraction of sp³-hybridized carbons (Fsp3) is 0.250. The van der Waals surface area contributed by atoms with Gasteiger partial charge in [-0.3, -0.25) is 14.2 Å². The minimum atomic E-state index is -0.582. The van der Waals surface area contributed by atoms with E-state index in [0.29, 0.717) is 10.9 Å². The summed E-state index contributed by atoms with van der Waals surface area (Å²) in [4.78, 5) is 27.2. The Hall–Kier alpha value is -1.21. The Morgan fingerprint density at radius 3 is 2.95 bits per heavy atom. The second-order valence-corrected chi connectivity index (χ2v) is 5.88. The van der Waals surface area contributed by atoms with Gasteiger partial charge in [-0.1, -0.05) is 31.9 Å². The van der Waals surface area contributed by atoms with Crippen molar-refractivity contribution in [1.82, 2.24) is 9.55 Å². The Balaban J connectivity index is 2.43. The average molecular weight is 390 g/mol.